The normalized spacial score (nSPS) is 23.7. The second kappa shape index (κ2) is 4.73. The van der Waals surface area contributed by atoms with Gasteiger partial charge in [-0.3, -0.25) is 0 Å². The van der Waals surface area contributed by atoms with Gasteiger partial charge in [0.15, 0.2) is 0 Å². The van der Waals surface area contributed by atoms with Crippen LogP contribution in [-0.2, 0) is 0 Å². The molecule has 6 heteroatoms. The lowest BCUT2D eigenvalue weighted by Gasteiger charge is -2.15. The van der Waals surface area contributed by atoms with E-state index in [0.29, 0.717) is 17.9 Å². The minimum Gasteiger partial charge on any atom is -0.368 e. The van der Waals surface area contributed by atoms with Crippen LogP contribution in [0.4, 0.5) is 17.8 Å². The molecular formula is C11H20N6. The van der Waals surface area contributed by atoms with Gasteiger partial charge in [0.2, 0.25) is 17.8 Å². The molecule has 1 heterocycles. The summed E-state index contributed by atoms with van der Waals surface area (Å²) in [5.74, 6) is 2.21. The van der Waals surface area contributed by atoms with E-state index >= 15 is 0 Å². The Labute approximate surface area is 102 Å². The Bertz CT molecular complexity index is 392. The summed E-state index contributed by atoms with van der Waals surface area (Å²) in [5.41, 5.74) is 5.67. The van der Waals surface area contributed by atoms with E-state index in [1.807, 2.05) is 19.0 Å². The predicted molar refractivity (Wildman–Crippen MR) is 69.0 cm³/mol. The Morgan fingerprint density at radius 1 is 1.24 bits per heavy atom. The molecule has 0 bridgehead atoms. The highest BCUT2D eigenvalue weighted by molar-refractivity contribution is 5.41. The smallest absolute Gasteiger partial charge is 0.231 e. The van der Waals surface area contributed by atoms with Gasteiger partial charge < -0.3 is 16.0 Å². The van der Waals surface area contributed by atoms with E-state index in [1.54, 1.807) is 0 Å². The van der Waals surface area contributed by atoms with Gasteiger partial charge in [-0.25, -0.2) is 0 Å². The zero-order valence-corrected chi connectivity index (χ0v) is 10.6. The van der Waals surface area contributed by atoms with Gasteiger partial charge >= 0.3 is 0 Å². The van der Waals surface area contributed by atoms with Crippen molar-refractivity contribution in [3.63, 3.8) is 0 Å². The second-order valence-electron chi connectivity index (χ2n) is 4.97. The van der Waals surface area contributed by atoms with Gasteiger partial charge in [-0.1, -0.05) is 6.92 Å². The summed E-state index contributed by atoms with van der Waals surface area (Å²) in [6.45, 7) is 2.27. The Morgan fingerprint density at radius 2 is 2.00 bits per heavy atom. The van der Waals surface area contributed by atoms with Gasteiger partial charge in [0.25, 0.3) is 0 Å². The molecule has 0 spiro atoms. The third kappa shape index (κ3) is 2.95. The van der Waals surface area contributed by atoms with Crippen molar-refractivity contribution in [1.82, 2.24) is 15.0 Å². The van der Waals surface area contributed by atoms with Crippen LogP contribution >= 0.6 is 0 Å². The van der Waals surface area contributed by atoms with Crippen LogP contribution in [0.2, 0.25) is 0 Å². The first-order valence-corrected chi connectivity index (χ1v) is 6.00. The lowest BCUT2D eigenvalue weighted by molar-refractivity contribution is 0.601. The fourth-order valence-electron chi connectivity index (χ4n) is 2.17. The highest BCUT2D eigenvalue weighted by Crippen LogP contribution is 2.26. The fraction of sp³-hybridized carbons (Fsp3) is 0.727. The number of hydrogen-bond donors (Lipinski definition) is 2. The van der Waals surface area contributed by atoms with Crippen LogP contribution in [-0.4, -0.2) is 35.1 Å². The van der Waals surface area contributed by atoms with Crippen molar-refractivity contribution in [3.05, 3.63) is 0 Å². The van der Waals surface area contributed by atoms with Gasteiger partial charge in [0.1, 0.15) is 0 Å². The highest BCUT2D eigenvalue weighted by Gasteiger charge is 2.22. The number of nitrogens with one attached hydrogen (secondary N) is 1. The molecule has 2 rings (SSSR count). The summed E-state index contributed by atoms with van der Waals surface area (Å²) in [4.78, 5) is 14.3. The minimum absolute atomic E-state index is 0.261. The number of hydrogen-bond acceptors (Lipinski definition) is 6. The van der Waals surface area contributed by atoms with E-state index in [0.717, 1.165) is 5.92 Å². The lowest BCUT2D eigenvalue weighted by Crippen LogP contribution is -2.21. The summed E-state index contributed by atoms with van der Waals surface area (Å²) in [7, 11) is 3.77. The number of anilines is 3. The van der Waals surface area contributed by atoms with Gasteiger partial charge in [-0.05, 0) is 25.2 Å². The van der Waals surface area contributed by atoms with Crippen LogP contribution in [0.1, 0.15) is 26.2 Å². The summed E-state index contributed by atoms with van der Waals surface area (Å²) in [6, 6.07) is 0.460. The average Bonchev–Trinajstić information content (AvgIpc) is 2.63. The maximum absolute atomic E-state index is 5.67. The molecule has 0 amide bonds. The van der Waals surface area contributed by atoms with Crippen molar-refractivity contribution in [2.24, 2.45) is 5.92 Å². The Morgan fingerprint density at radius 3 is 2.59 bits per heavy atom. The first-order chi connectivity index (χ1) is 8.04. The minimum atomic E-state index is 0.261. The lowest BCUT2D eigenvalue weighted by atomic mass is 10.1. The SMILES string of the molecule is CC1CCC(Nc2nc(N)nc(N(C)C)n2)C1. The van der Waals surface area contributed by atoms with E-state index in [1.165, 1.54) is 19.3 Å². The number of nitrogen functional groups attached to an aromatic ring is 1. The largest absolute Gasteiger partial charge is 0.368 e. The van der Waals surface area contributed by atoms with Gasteiger partial charge in [-0.2, -0.15) is 15.0 Å². The third-order valence-electron chi connectivity index (χ3n) is 3.07. The second-order valence-corrected chi connectivity index (χ2v) is 4.97. The standard InChI is InChI=1S/C11H20N6/c1-7-4-5-8(6-7)13-10-14-9(12)15-11(16-10)17(2)3/h7-8H,4-6H2,1-3H3,(H3,12,13,14,15,16). The predicted octanol–water partition coefficient (Wildman–Crippen LogP) is 1.12. The molecule has 1 fully saturated rings. The Kier molecular flexibility index (Phi) is 3.31. The van der Waals surface area contributed by atoms with Crippen molar-refractivity contribution in [2.75, 3.05) is 30.0 Å². The zero-order chi connectivity index (χ0) is 12.4. The first-order valence-electron chi connectivity index (χ1n) is 6.00. The van der Waals surface area contributed by atoms with Crippen LogP contribution in [0.25, 0.3) is 0 Å². The van der Waals surface area contributed by atoms with Gasteiger partial charge in [0, 0.05) is 20.1 Å². The van der Waals surface area contributed by atoms with Crippen molar-refractivity contribution in [3.8, 4) is 0 Å². The Balaban J connectivity index is 2.10. The molecule has 1 saturated carbocycles. The molecule has 0 aliphatic heterocycles. The van der Waals surface area contributed by atoms with E-state index in [9.17, 15) is 0 Å². The first kappa shape index (κ1) is 11.9. The number of nitrogens with zero attached hydrogens (tertiary/aromatic N) is 4. The topological polar surface area (TPSA) is 80.0 Å². The molecule has 1 aliphatic carbocycles. The molecule has 6 nitrogen and oxygen atoms in total. The van der Waals surface area contributed by atoms with Crippen LogP contribution in [0, 0.1) is 5.92 Å². The van der Waals surface area contributed by atoms with Gasteiger partial charge in [0.05, 0.1) is 0 Å². The number of rotatable bonds is 3. The molecule has 94 valence electrons. The van der Waals surface area contributed by atoms with E-state index in [-0.39, 0.29) is 5.95 Å². The molecule has 0 saturated heterocycles. The maximum Gasteiger partial charge on any atom is 0.231 e. The number of aromatic nitrogens is 3. The fourth-order valence-corrected chi connectivity index (χ4v) is 2.17. The average molecular weight is 236 g/mol. The molecule has 0 radical (unpaired) electrons. The van der Waals surface area contributed by atoms with E-state index < -0.39 is 0 Å². The van der Waals surface area contributed by atoms with Crippen molar-refractivity contribution in [2.45, 2.75) is 32.2 Å². The molecule has 2 unspecified atom stereocenters. The molecule has 1 aromatic rings. The van der Waals surface area contributed by atoms with Crippen molar-refractivity contribution < 1.29 is 0 Å². The third-order valence-corrected chi connectivity index (χ3v) is 3.07. The Hall–Kier alpha value is -1.59. The molecule has 1 aromatic heterocycles. The zero-order valence-electron chi connectivity index (χ0n) is 10.6. The van der Waals surface area contributed by atoms with E-state index in [2.05, 4.69) is 27.2 Å². The molecule has 1 aliphatic rings. The summed E-state index contributed by atoms with van der Waals surface area (Å²) in [5, 5.41) is 3.34. The monoisotopic (exact) mass is 236 g/mol. The maximum atomic E-state index is 5.67. The van der Waals surface area contributed by atoms with Crippen LogP contribution in [0.15, 0.2) is 0 Å². The van der Waals surface area contributed by atoms with Crippen molar-refractivity contribution >= 4 is 17.8 Å². The molecule has 17 heavy (non-hydrogen) atoms. The summed E-state index contributed by atoms with van der Waals surface area (Å²) < 4.78 is 0. The molecule has 0 aromatic carbocycles. The van der Waals surface area contributed by atoms with Crippen LogP contribution in [0.3, 0.4) is 0 Å². The van der Waals surface area contributed by atoms with E-state index in [4.69, 9.17) is 5.73 Å². The van der Waals surface area contributed by atoms with Crippen LogP contribution in [0.5, 0.6) is 0 Å². The van der Waals surface area contributed by atoms with Gasteiger partial charge in [-0.15, -0.1) is 0 Å². The molecule has 3 N–H and O–H groups in total. The highest BCUT2D eigenvalue weighted by atomic mass is 15.3. The summed E-state index contributed by atoms with van der Waals surface area (Å²) in [6.07, 6.45) is 3.60. The van der Waals surface area contributed by atoms with Crippen molar-refractivity contribution in [1.29, 1.82) is 0 Å². The van der Waals surface area contributed by atoms with Crippen LogP contribution < -0.4 is 16.0 Å². The molecule has 2 atom stereocenters. The summed E-state index contributed by atoms with van der Waals surface area (Å²) >= 11 is 0. The quantitative estimate of drug-likeness (QED) is 0.818. The molecular weight excluding hydrogens is 216 g/mol. The number of nitrogens with two attached hydrogens (primary N) is 1.